The predicted octanol–water partition coefficient (Wildman–Crippen LogP) is 5.38. The van der Waals surface area contributed by atoms with Gasteiger partial charge in [0, 0.05) is 35.4 Å². The van der Waals surface area contributed by atoms with Crippen LogP contribution in [0.3, 0.4) is 0 Å². The van der Waals surface area contributed by atoms with Gasteiger partial charge in [-0.3, -0.25) is 9.59 Å². The lowest BCUT2D eigenvalue weighted by Gasteiger charge is -2.34. The average molecular weight is 464 g/mol. The SMILES string of the molecule is CN(C)CC(C(=O)c1ccccc1)C(c1ccccc1)C(CC(C#N)C#N)C(=O)c1ccccc1. The van der Waals surface area contributed by atoms with E-state index in [1.807, 2.05) is 85.7 Å². The second kappa shape index (κ2) is 12.4. The fourth-order valence-electron chi connectivity index (χ4n) is 4.61. The fraction of sp³-hybridized carbons (Fsp3) is 0.267. The van der Waals surface area contributed by atoms with E-state index in [4.69, 9.17) is 0 Å². The van der Waals surface area contributed by atoms with Crippen molar-refractivity contribution >= 4 is 11.6 Å². The van der Waals surface area contributed by atoms with Crippen LogP contribution >= 0.6 is 0 Å². The Morgan fingerprint density at radius 3 is 1.57 bits per heavy atom. The van der Waals surface area contributed by atoms with E-state index in [2.05, 4.69) is 0 Å². The van der Waals surface area contributed by atoms with Crippen LogP contribution in [0.4, 0.5) is 0 Å². The zero-order valence-corrected chi connectivity index (χ0v) is 20.0. The van der Waals surface area contributed by atoms with Gasteiger partial charge in [0.2, 0.25) is 0 Å². The number of ketones is 2. The van der Waals surface area contributed by atoms with Gasteiger partial charge in [-0.15, -0.1) is 0 Å². The minimum Gasteiger partial charge on any atom is -0.309 e. The Balaban J connectivity index is 2.20. The third-order valence-electron chi connectivity index (χ3n) is 6.20. The maximum atomic E-state index is 13.9. The largest absolute Gasteiger partial charge is 0.309 e. The normalized spacial score (nSPS) is 13.4. The molecule has 0 fully saturated rings. The molecular formula is C30H29N3O2. The monoisotopic (exact) mass is 463 g/mol. The summed E-state index contributed by atoms with van der Waals surface area (Å²) in [5.41, 5.74) is 1.92. The second-order valence-corrected chi connectivity index (χ2v) is 8.92. The summed E-state index contributed by atoms with van der Waals surface area (Å²) in [5.74, 6) is -3.02. The maximum absolute atomic E-state index is 13.9. The first-order chi connectivity index (χ1) is 17.0. The Labute approximate surface area is 207 Å². The highest BCUT2D eigenvalue weighted by atomic mass is 16.1. The zero-order valence-electron chi connectivity index (χ0n) is 20.0. The third-order valence-corrected chi connectivity index (χ3v) is 6.20. The van der Waals surface area contributed by atoms with Gasteiger partial charge in [0.05, 0.1) is 12.1 Å². The number of hydrogen-bond acceptors (Lipinski definition) is 5. The summed E-state index contributed by atoms with van der Waals surface area (Å²) >= 11 is 0. The van der Waals surface area contributed by atoms with Crippen molar-refractivity contribution in [3.63, 3.8) is 0 Å². The molecule has 3 aromatic carbocycles. The predicted molar refractivity (Wildman–Crippen MR) is 136 cm³/mol. The molecule has 0 bridgehead atoms. The third kappa shape index (κ3) is 6.51. The molecule has 0 saturated heterocycles. The van der Waals surface area contributed by atoms with Gasteiger partial charge in [0.25, 0.3) is 0 Å². The van der Waals surface area contributed by atoms with Crippen molar-refractivity contribution in [2.75, 3.05) is 20.6 Å². The van der Waals surface area contributed by atoms with E-state index in [9.17, 15) is 20.1 Å². The molecule has 0 radical (unpaired) electrons. The number of benzene rings is 3. The zero-order chi connectivity index (χ0) is 25.2. The van der Waals surface area contributed by atoms with Crippen molar-refractivity contribution in [1.82, 2.24) is 4.90 Å². The summed E-state index contributed by atoms with van der Waals surface area (Å²) in [6.45, 7) is 0.412. The molecule has 3 atom stereocenters. The molecule has 0 aliphatic heterocycles. The van der Waals surface area contributed by atoms with Gasteiger partial charge in [-0.25, -0.2) is 0 Å². The van der Waals surface area contributed by atoms with Crippen LogP contribution in [0.2, 0.25) is 0 Å². The molecular weight excluding hydrogens is 434 g/mol. The van der Waals surface area contributed by atoms with E-state index in [1.54, 1.807) is 36.4 Å². The number of Topliss-reactive ketones (excluding diaryl/α,β-unsaturated/α-hetero) is 2. The lowest BCUT2D eigenvalue weighted by molar-refractivity contribution is 0.0776. The van der Waals surface area contributed by atoms with Gasteiger partial charge in [0.15, 0.2) is 11.6 Å². The Bertz CT molecular complexity index is 1180. The van der Waals surface area contributed by atoms with E-state index in [1.165, 1.54) is 0 Å². The van der Waals surface area contributed by atoms with Gasteiger partial charge in [0.1, 0.15) is 5.92 Å². The molecule has 0 spiro atoms. The van der Waals surface area contributed by atoms with Gasteiger partial charge in [-0.2, -0.15) is 10.5 Å². The van der Waals surface area contributed by atoms with Crippen molar-refractivity contribution in [3.8, 4) is 12.1 Å². The highest BCUT2D eigenvalue weighted by Gasteiger charge is 2.40. The van der Waals surface area contributed by atoms with Crippen molar-refractivity contribution in [3.05, 3.63) is 108 Å². The summed E-state index contributed by atoms with van der Waals surface area (Å²) in [4.78, 5) is 29.8. The number of carbonyl (C=O) groups excluding carboxylic acids is 2. The molecule has 3 unspecified atom stereocenters. The van der Waals surface area contributed by atoms with Gasteiger partial charge in [-0.05, 0) is 26.1 Å². The van der Waals surface area contributed by atoms with Crippen molar-refractivity contribution < 1.29 is 9.59 Å². The molecule has 5 heteroatoms. The van der Waals surface area contributed by atoms with Crippen LogP contribution in [-0.4, -0.2) is 37.1 Å². The molecule has 0 saturated carbocycles. The first-order valence-electron chi connectivity index (χ1n) is 11.6. The van der Waals surface area contributed by atoms with Crippen LogP contribution in [0.25, 0.3) is 0 Å². The second-order valence-electron chi connectivity index (χ2n) is 8.92. The highest BCUT2D eigenvalue weighted by molar-refractivity contribution is 6.01. The Morgan fingerprint density at radius 2 is 1.14 bits per heavy atom. The molecule has 0 amide bonds. The summed E-state index contributed by atoms with van der Waals surface area (Å²) < 4.78 is 0. The number of nitriles is 2. The highest BCUT2D eigenvalue weighted by Crippen LogP contribution is 2.40. The van der Waals surface area contributed by atoms with E-state index < -0.39 is 23.7 Å². The lowest BCUT2D eigenvalue weighted by atomic mass is 9.68. The van der Waals surface area contributed by atoms with E-state index >= 15 is 0 Å². The fourth-order valence-corrected chi connectivity index (χ4v) is 4.61. The van der Waals surface area contributed by atoms with Gasteiger partial charge < -0.3 is 4.90 Å². The Kier molecular flexibility index (Phi) is 9.07. The minimum atomic E-state index is -0.967. The van der Waals surface area contributed by atoms with Crippen molar-refractivity contribution in [2.45, 2.75) is 12.3 Å². The number of nitrogens with zero attached hydrogens (tertiary/aromatic N) is 3. The molecule has 3 aromatic rings. The topological polar surface area (TPSA) is 85.0 Å². The lowest BCUT2D eigenvalue weighted by Crippen LogP contribution is -2.39. The summed E-state index contributed by atoms with van der Waals surface area (Å²) in [6, 6.07) is 31.5. The van der Waals surface area contributed by atoms with Crippen LogP contribution in [0.5, 0.6) is 0 Å². The Morgan fingerprint density at radius 1 is 0.714 bits per heavy atom. The van der Waals surface area contributed by atoms with Crippen LogP contribution in [0.15, 0.2) is 91.0 Å². The van der Waals surface area contributed by atoms with E-state index in [0.717, 1.165) is 5.56 Å². The van der Waals surface area contributed by atoms with Gasteiger partial charge in [-0.1, -0.05) is 91.0 Å². The maximum Gasteiger partial charge on any atom is 0.167 e. The molecule has 176 valence electrons. The minimum absolute atomic E-state index is 0.0479. The van der Waals surface area contributed by atoms with E-state index in [0.29, 0.717) is 17.7 Å². The molecule has 0 aliphatic carbocycles. The van der Waals surface area contributed by atoms with E-state index in [-0.39, 0.29) is 18.0 Å². The molecule has 0 N–H and O–H groups in total. The molecule has 0 aromatic heterocycles. The molecule has 3 rings (SSSR count). The summed E-state index contributed by atoms with van der Waals surface area (Å²) in [5, 5.41) is 19.2. The number of hydrogen-bond donors (Lipinski definition) is 0. The van der Waals surface area contributed by atoms with Crippen LogP contribution < -0.4 is 0 Å². The number of carbonyl (C=O) groups is 2. The first kappa shape index (κ1) is 25.6. The molecule has 0 heterocycles. The standard InChI is InChI=1S/C30H29N3O2/c1-33(2)21-27(30(35)25-16-10-5-11-17-25)28(23-12-6-3-7-13-23)26(18-22(19-31)20-32)29(34)24-14-8-4-9-15-24/h3-17,22,26-28H,18,21H2,1-2H3. The van der Waals surface area contributed by atoms with Crippen molar-refractivity contribution in [2.24, 2.45) is 17.8 Å². The number of rotatable bonds is 11. The smallest absolute Gasteiger partial charge is 0.167 e. The van der Waals surface area contributed by atoms with Crippen molar-refractivity contribution in [1.29, 1.82) is 10.5 Å². The first-order valence-corrected chi connectivity index (χ1v) is 11.6. The Hall–Kier alpha value is -4.06. The molecule has 5 nitrogen and oxygen atoms in total. The van der Waals surface area contributed by atoms with Gasteiger partial charge >= 0.3 is 0 Å². The average Bonchev–Trinajstić information content (AvgIpc) is 2.90. The molecule has 0 aliphatic rings. The van der Waals surface area contributed by atoms with Crippen LogP contribution in [-0.2, 0) is 0 Å². The summed E-state index contributed by atoms with van der Waals surface area (Å²) in [6.07, 6.45) is 0.0479. The summed E-state index contributed by atoms with van der Waals surface area (Å²) in [7, 11) is 3.80. The quantitative estimate of drug-likeness (QED) is 0.356. The van der Waals surface area contributed by atoms with Crippen LogP contribution in [0, 0.1) is 40.4 Å². The molecule has 35 heavy (non-hydrogen) atoms. The van der Waals surface area contributed by atoms with Crippen LogP contribution in [0.1, 0.15) is 38.6 Å².